The zero-order chi connectivity index (χ0) is 18.5. The summed E-state index contributed by atoms with van der Waals surface area (Å²) >= 11 is 7.83. The van der Waals surface area contributed by atoms with E-state index < -0.39 is 0 Å². The van der Waals surface area contributed by atoms with E-state index in [9.17, 15) is 4.79 Å². The number of carbonyl (C=O) groups is 1. The van der Waals surface area contributed by atoms with Crippen molar-refractivity contribution < 1.29 is 4.79 Å². The van der Waals surface area contributed by atoms with Crippen LogP contribution in [0.5, 0.6) is 0 Å². The van der Waals surface area contributed by atoms with Crippen LogP contribution >= 0.6 is 22.9 Å². The summed E-state index contributed by atoms with van der Waals surface area (Å²) in [4.78, 5) is 25.0. The van der Waals surface area contributed by atoms with E-state index in [0.29, 0.717) is 22.7 Å². The van der Waals surface area contributed by atoms with Gasteiger partial charge in [-0.15, -0.1) is 0 Å². The van der Waals surface area contributed by atoms with Gasteiger partial charge in [0.05, 0.1) is 22.8 Å². The molecule has 0 fully saturated rings. The fourth-order valence-electron chi connectivity index (χ4n) is 2.30. The van der Waals surface area contributed by atoms with E-state index in [1.54, 1.807) is 6.20 Å². The quantitative estimate of drug-likeness (QED) is 0.586. The monoisotopic (exact) mass is 387 g/mol. The van der Waals surface area contributed by atoms with E-state index in [2.05, 4.69) is 39.4 Å². The van der Waals surface area contributed by atoms with Crippen LogP contribution in [-0.4, -0.2) is 33.8 Å². The molecule has 3 aromatic rings. The van der Waals surface area contributed by atoms with Crippen molar-refractivity contribution in [3.05, 3.63) is 41.6 Å². The van der Waals surface area contributed by atoms with Gasteiger partial charge < -0.3 is 15.4 Å². The van der Waals surface area contributed by atoms with Crippen molar-refractivity contribution in [3.63, 3.8) is 0 Å². The minimum atomic E-state index is 0.133. The number of hydrogen-bond donors (Lipinski definition) is 2. The molecule has 2 heterocycles. The highest BCUT2D eigenvalue weighted by Gasteiger charge is 2.13. The maximum atomic E-state index is 10.7. The van der Waals surface area contributed by atoms with Crippen LogP contribution < -0.4 is 10.6 Å². The van der Waals surface area contributed by atoms with Gasteiger partial charge in [-0.3, -0.25) is 0 Å². The number of benzene rings is 1. The summed E-state index contributed by atoms with van der Waals surface area (Å²) in [5.41, 5.74) is 2.20. The molecule has 0 amide bonds. The molecule has 0 saturated heterocycles. The summed E-state index contributed by atoms with van der Waals surface area (Å²) in [5, 5.41) is 7.62. The van der Waals surface area contributed by atoms with Gasteiger partial charge in [-0.05, 0) is 26.0 Å². The van der Waals surface area contributed by atoms with Crippen LogP contribution in [0.3, 0.4) is 0 Å². The van der Waals surface area contributed by atoms with E-state index in [1.165, 1.54) is 11.3 Å². The molecule has 0 radical (unpaired) electrons. The van der Waals surface area contributed by atoms with Crippen LogP contribution in [-0.2, 0) is 4.79 Å². The number of nitrogens with zero attached hydrogens (tertiary/aromatic N) is 3. The van der Waals surface area contributed by atoms with Crippen molar-refractivity contribution in [2.45, 2.75) is 19.9 Å². The molecule has 1 aromatic carbocycles. The minimum absolute atomic E-state index is 0.133. The van der Waals surface area contributed by atoms with Crippen LogP contribution in [0, 0.1) is 0 Å². The Hall–Kier alpha value is -2.51. The summed E-state index contributed by atoms with van der Waals surface area (Å²) in [6.45, 7) is 4.25. The third kappa shape index (κ3) is 4.36. The number of hydrogen-bond acceptors (Lipinski definition) is 7. The van der Waals surface area contributed by atoms with Crippen LogP contribution in [0.1, 0.15) is 13.8 Å². The van der Waals surface area contributed by atoms with Gasteiger partial charge in [0.1, 0.15) is 6.29 Å². The van der Waals surface area contributed by atoms with E-state index in [0.717, 1.165) is 27.6 Å². The number of anilines is 2. The first-order valence-electron chi connectivity index (χ1n) is 8.11. The normalized spacial score (nSPS) is 10.8. The summed E-state index contributed by atoms with van der Waals surface area (Å²) in [7, 11) is 0. The van der Waals surface area contributed by atoms with Gasteiger partial charge in [-0.1, -0.05) is 41.1 Å². The van der Waals surface area contributed by atoms with Crippen LogP contribution in [0.4, 0.5) is 11.1 Å². The third-order valence-electron chi connectivity index (χ3n) is 3.39. The highest BCUT2D eigenvalue weighted by atomic mass is 35.5. The number of thiazole rings is 1. The molecule has 8 heteroatoms. The molecule has 2 N–H and O–H groups in total. The largest absolute Gasteiger partial charge is 0.359 e. The molecule has 0 unspecified atom stereocenters. The van der Waals surface area contributed by atoms with E-state index >= 15 is 0 Å². The maximum Gasteiger partial charge on any atom is 0.224 e. The van der Waals surface area contributed by atoms with Gasteiger partial charge in [-0.25, -0.2) is 15.0 Å². The molecule has 3 rings (SSSR count). The first-order chi connectivity index (χ1) is 12.6. The molecule has 0 spiro atoms. The molecule has 6 nitrogen and oxygen atoms in total. The van der Waals surface area contributed by atoms with Crippen molar-refractivity contribution in [3.8, 4) is 21.8 Å². The zero-order valence-corrected chi connectivity index (χ0v) is 15.9. The van der Waals surface area contributed by atoms with Gasteiger partial charge in [0.2, 0.25) is 5.95 Å². The fraction of sp³-hybridized carbons (Fsp3) is 0.222. The number of halogens is 1. The second-order valence-corrected chi connectivity index (χ2v) is 7.26. The highest BCUT2D eigenvalue weighted by molar-refractivity contribution is 7.18. The number of rotatable bonds is 7. The molecule has 2 aromatic heterocycles. The summed E-state index contributed by atoms with van der Waals surface area (Å²) in [6.07, 6.45) is 2.54. The third-order valence-corrected chi connectivity index (χ3v) is 4.67. The molecule has 0 aliphatic heterocycles. The lowest BCUT2D eigenvalue weighted by atomic mass is 10.1. The average molecular weight is 388 g/mol. The van der Waals surface area contributed by atoms with Gasteiger partial charge in [0.15, 0.2) is 5.13 Å². The second kappa shape index (κ2) is 8.25. The maximum absolute atomic E-state index is 10.7. The molecule has 0 aliphatic rings. The minimum Gasteiger partial charge on any atom is -0.359 e. The summed E-state index contributed by atoms with van der Waals surface area (Å²) in [5.74, 6) is 0.372. The Kier molecular flexibility index (Phi) is 5.80. The van der Waals surface area contributed by atoms with Crippen molar-refractivity contribution in [2.24, 2.45) is 0 Å². The standard InChI is InChI=1S/C18H18ClN5OS/c1-11(2)22-18-21-10-16(26-18)15-9-14(12-5-3-4-6-13(12)19)23-17(24-15)20-7-8-25/h3-6,8-11H,7H2,1-2H3,(H,21,22)(H,20,23,24). The molecule has 0 bridgehead atoms. The summed E-state index contributed by atoms with van der Waals surface area (Å²) < 4.78 is 0. The summed E-state index contributed by atoms with van der Waals surface area (Å²) in [6, 6.07) is 9.65. The Morgan fingerprint density at radius 2 is 2.00 bits per heavy atom. The predicted molar refractivity (Wildman–Crippen MR) is 107 cm³/mol. The van der Waals surface area contributed by atoms with E-state index in [-0.39, 0.29) is 6.54 Å². The molecular weight excluding hydrogens is 370 g/mol. The Balaban J connectivity index is 2.04. The van der Waals surface area contributed by atoms with Gasteiger partial charge in [0.25, 0.3) is 0 Å². The highest BCUT2D eigenvalue weighted by Crippen LogP contribution is 2.33. The van der Waals surface area contributed by atoms with Crippen molar-refractivity contribution in [2.75, 3.05) is 17.2 Å². The Morgan fingerprint density at radius 3 is 2.73 bits per heavy atom. The Labute approximate surface area is 160 Å². The van der Waals surface area contributed by atoms with Crippen molar-refractivity contribution in [1.29, 1.82) is 0 Å². The number of aldehydes is 1. The lowest BCUT2D eigenvalue weighted by Crippen LogP contribution is -2.08. The first-order valence-corrected chi connectivity index (χ1v) is 9.30. The van der Waals surface area contributed by atoms with Crippen molar-refractivity contribution >= 4 is 40.3 Å². The average Bonchev–Trinajstić information content (AvgIpc) is 3.08. The smallest absolute Gasteiger partial charge is 0.224 e. The predicted octanol–water partition coefficient (Wildman–Crippen LogP) is 4.35. The van der Waals surface area contributed by atoms with Crippen LogP contribution in [0.25, 0.3) is 21.8 Å². The van der Waals surface area contributed by atoms with Crippen LogP contribution in [0.15, 0.2) is 36.5 Å². The number of carbonyl (C=O) groups excluding carboxylic acids is 1. The van der Waals surface area contributed by atoms with Crippen molar-refractivity contribution in [1.82, 2.24) is 15.0 Å². The topological polar surface area (TPSA) is 79.8 Å². The Morgan fingerprint density at radius 1 is 1.23 bits per heavy atom. The molecule has 26 heavy (non-hydrogen) atoms. The molecule has 134 valence electrons. The molecule has 0 atom stereocenters. The number of nitrogens with one attached hydrogen (secondary N) is 2. The second-order valence-electron chi connectivity index (χ2n) is 5.82. The number of aromatic nitrogens is 3. The van der Waals surface area contributed by atoms with Gasteiger partial charge in [0, 0.05) is 22.8 Å². The lowest BCUT2D eigenvalue weighted by molar-refractivity contribution is -0.106. The molecule has 0 aliphatic carbocycles. The lowest BCUT2D eigenvalue weighted by Gasteiger charge is -2.09. The fourth-order valence-corrected chi connectivity index (χ4v) is 3.45. The van der Waals surface area contributed by atoms with E-state index in [1.807, 2.05) is 30.3 Å². The molecular formula is C18H18ClN5OS. The zero-order valence-electron chi connectivity index (χ0n) is 14.4. The van der Waals surface area contributed by atoms with E-state index in [4.69, 9.17) is 11.6 Å². The van der Waals surface area contributed by atoms with Gasteiger partial charge >= 0.3 is 0 Å². The molecule has 0 saturated carbocycles. The van der Waals surface area contributed by atoms with Gasteiger partial charge in [-0.2, -0.15) is 0 Å². The SMILES string of the molecule is CC(C)Nc1ncc(-c2cc(-c3ccccc3Cl)nc(NCC=O)n2)s1. The first kappa shape index (κ1) is 18.3. The Bertz CT molecular complexity index is 912. The van der Waals surface area contributed by atoms with Crippen LogP contribution in [0.2, 0.25) is 5.02 Å².